The first-order valence-electron chi connectivity index (χ1n) is 5.66. The van der Waals surface area contributed by atoms with Gasteiger partial charge < -0.3 is 5.11 Å². The summed E-state index contributed by atoms with van der Waals surface area (Å²) < 4.78 is 0.846. The molecule has 0 aliphatic heterocycles. The highest BCUT2D eigenvalue weighted by Crippen LogP contribution is 2.25. The van der Waals surface area contributed by atoms with Gasteiger partial charge in [-0.1, -0.05) is 12.1 Å². The Morgan fingerprint density at radius 2 is 1.89 bits per heavy atom. The first-order valence-corrected chi connectivity index (χ1v) is 6.74. The molecule has 0 saturated carbocycles. The molecule has 0 amide bonds. The van der Waals surface area contributed by atoms with Crippen LogP contribution in [0.2, 0.25) is 0 Å². The Hall–Kier alpha value is -1.36. The fourth-order valence-corrected chi connectivity index (χ4v) is 2.51. The monoisotopic (exact) mass is 351 g/mol. The van der Waals surface area contributed by atoms with E-state index in [-0.39, 0.29) is 5.75 Å². The summed E-state index contributed by atoms with van der Waals surface area (Å²) in [6, 6.07) is 11.8. The summed E-state index contributed by atoms with van der Waals surface area (Å²) in [6.07, 6.45) is 1.71. The molecule has 2 nitrogen and oxygen atoms in total. The molecule has 18 heavy (non-hydrogen) atoms. The number of hydrogen-bond acceptors (Lipinski definition) is 2. The predicted octanol–water partition coefficient (Wildman–Crippen LogP) is 4.36. The molecule has 0 saturated heterocycles. The maximum atomic E-state index is 9.96. The highest BCUT2D eigenvalue weighted by molar-refractivity contribution is 14.1. The van der Waals surface area contributed by atoms with E-state index in [4.69, 9.17) is 0 Å². The van der Waals surface area contributed by atoms with E-state index in [1.54, 1.807) is 6.21 Å². The molecule has 0 unspecified atom stereocenters. The third-order valence-electron chi connectivity index (χ3n) is 2.59. The van der Waals surface area contributed by atoms with E-state index in [1.165, 1.54) is 5.56 Å². The second-order valence-corrected chi connectivity index (χ2v) is 5.44. The van der Waals surface area contributed by atoms with Gasteiger partial charge in [-0.2, -0.15) is 0 Å². The van der Waals surface area contributed by atoms with Gasteiger partial charge in [0, 0.05) is 11.8 Å². The van der Waals surface area contributed by atoms with Crippen molar-refractivity contribution < 1.29 is 5.11 Å². The molecule has 0 spiro atoms. The lowest BCUT2D eigenvalue weighted by molar-refractivity contribution is 0.470. The molecule has 0 fully saturated rings. The molecule has 0 atom stereocenters. The quantitative estimate of drug-likeness (QED) is 0.633. The molecule has 2 aromatic carbocycles. The Balaban J connectivity index is 2.34. The van der Waals surface area contributed by atoms with Crippen LogP contribution in [0.5, 0.6) is 5.75 Å². The minimum absolute atomic E-state index is 0.289. The zero-order valence-corrected chi connectivity index (χ0v) is 12.5. The maximum absolute atomic E-state index is 9.96. The van der Waals surface area contributed by atoms with Crippen molar-refractivity contribution in [1.82, 2.24) is 0 Å². The highest BCUT2D eigenvalue weighted by Gasteiger charge is 2.04. The van der Waals surface area contributed by atoms with E-state index in [1.807, 2.05) is 50.2 Å². The maximum Gasteiger partial charge on any atom is 0.137 e. The zero-order valence-electron chi connectivity index (χ0n) is 10.3. The molecule has 2 rings (SSSR count). The largest absolute Gasteiger partial charge is 0.506 e. The molecule has 0 radical (unpaired) electrons. The van der Waals surface area contributed by atoms with E-state index in [0.29, 0.717) is 0 Å². The van der Waals surface area contributed by atoms with E-state index >= 15 is 0 Å². The van der Waals surface area contributed by atoms with Crippen LogP contribution in [-0.2, 0) is 0 Å². The molecule has 92 valence electrons. The summed E-state index contributed by atoms with van der Waals surface area (Å²) >= 11 is 2.12. The van der Waals surface area contributed by atoms with Crippen LogP contribution in [0, 0.1) is 17.4 Å². The van der Waals surface area contributed by atoms with Crippen LogP contribution in [0.4, 0.5) is 5.69 Å². The molecule has 0 aliphatic carbocycles. The lowest BCUT2D eigenvalue weighted by Crippen LogP contribution is -1.87. The molecule has 0 bridgehead atoms. The summed E-state index contributed by atoms with van der Waals surface area (Å²) in [7, 11) is 0. The molecular formula is C15H14INO. The summed E-state index contributed by atoms with van der Waals surface area (Å²) in [5.41, 5.74) is 3.93. The average Bonchev–Trinajstić information content (AvgIpc) is 2.32. The van der Waals surface area contributed by atoms with Crippen molar-refractivity contribution in [2.24, 2.45) is 4.99 Å². The van der Waals surface area contributed by atoms with Gasteiger partial charge in [0.15, 0.2) is 0 Å². The Kier molecular flexibility index (Phi) is 4.01. The lowest BCUT2D eigenvalue weighted by atomic mass is 10.1. The molecule has 3 heteroatoms. The van der Waals surface area contributed by atoms with Gasteiger partial charge >= 0.3 is 0 Å². The van der Waals surface area contributed by atoms with Gasteiger partial charge in [-0.05, 0) is 71.8 Å². The van der Waals surface area contributed by atoms with E-state index < -0.39 is 0 Å². The van der Waals surface area contributed by atoms with Crippen LogP contribution in [0.25, 0.3) is 0 Å². The number of phenols is 1. The number of nitrogens with zero attached hydrogens (tertiary/aromatic N) is 1. The summed E-state index contributed by atoms with van der Waals surface area (Å²) in [5, 5.41) is 9.96. The summed E-state index contributed by atoms with van der Waals surface area (Å²) in [6.45, 7) is 4.04. The van der Waals surface area contributed by atoms with E-state index in [9.17, 15) is 5.11 Å². The molecule has 2 aromatic rings. The highest BCUT2D eigenvalue weighted by atomic mass is 127. The zero-order chi connectivity index (χ0) is 13.1. The standard InChI is InChI=1S/C15H14INO/c1-10-4-3-5-13(7-10)17-9-12-6-11(2)8-14(16)15(12)18/h3-9,18H,1-2H3/b17-9+. The van der Waals surface area contributed by atoms with Gasteiger partial charge in [-0.3, -0.25) is 4.99 Å². The topological polar surface area (TPSA) is 32.6 Å². The molecular weight excluding hydrogens is 337 g/mol. The summed E-state index contributed by atoms with van der Waals surface area (Å²) in [4.78, 5) is 4.39. The van der Waals surface area contributed by atoms with Crippen molar-refractivity contribution in [3.63, 3.8) is 0 Å². The van der Waals surface area contributed by atoms with Crippen molar-refractivity contribution in [2.75, 3.05) is 0 Å². The first kappa shape index (κ1) is 13.1. The van der Waals surface area contributed by atoms with Crippen molar-refractivity contribution >= 4 is 34.5 Å². The molecule has 0 heterocycles. The number of aliphatic imine (C=N–C) groups is 1. The molecule has 1 N–H and O–H groups in total. The van der Waals surface area contributed by atoms with Crippen molar-refractivity contribution in [3.05, 3.63) is 56.7 Å². The van der Waals surface area contributed by atoms with Crippen molar-refractivity contribution in [3.8, 4) is 5.75 Å². The smallest absolute Gasteiger partial charge is 0.137 e. The Bertz CT molecular complexity index is 605. The minimum Gasteiger partial charge on any atom is -0.506 e. The van der Waals surface area contributed by atoms with Crippen molar-refractivity contribution in [2.45, 2.75) is 13.8 Å². The number of benzene rings is 2. The Labute approximate surface area is 121 Å². The van der Waals surface area contributed by atoms with Crippen LogP contribution in [-0.4, -0.2) is 11.3 Å². The fraction of sp³-hybridized carbons (Fsp3) is 0.133. The normalized spacial score (nSPS) is 11.1. The number of aromatic hydroxyl groups is 1. The third-order valence-corrected chi connectivity index (χ3v) is 3.41. The second-order valence-electron chi connectivity index (χ2n) is 4.28. The van der Waals surface area contributed by atoms with Gasteiger partial charge in [0.1, 0.15) is 5.75 Å². The number of aryl methyl sites for hydroxylation is 2. The second kappa shape index (κ2) is 5.52. The number of phenolic OH excluding ortho intramolecular Hbond substituents is 1. The predicted molar refractivity (Wildman–Crippen MR) is 84.0 cm³/mol. The minimum atomic E-state index is 0.289. The molecule has 0 aromatic heterocycles. The van der Waals surface area contributed by atoms with Crippen LogP contribution in [0.3, 0.4) is 0 Å². The van der Waals surface area contributed by atoms with Crippen LogP contribution in [0.1, 0.15) is 16.7 Å². The number of hydrogen-bond donors (Lipinski definition) is 1. The van der Waals surface area contributed by atoms with E-state index in [2.05, 4.69) is 27.6 Å². The van der Waals surface area contributed by atoms with Crippen LogP contribution < -0.4 is 0 Å². The number of halogens is 1. The third kappa shape index (κ3) is 3.10. The average molecular weight is 351 g/mol. The SMILES string of the molecule is Cc1cccc(/N=C/c2cc(C)cc(I)c2O)c1. The van der Waals surface area contributed by atoms with Gasteiger partial charge in [-0.15, -0.1) is 0 Å². The lowest BCUT2D eigenvalue weighted by Gasteiger charge is -2.03. The molecule has 0 aliphatic rings. The van der Waals surface area contributed by atoms with Crippen molar-refractivity contribution in [1.29, 1.82) is 0 Å². The summed E-state index contributed by atoms with van der Waals surface area (Å²) in [5.74, 6) is 0.289. The Morgan fingerprint density at radius 1 is 1.11 bits per heavy atom. The first-order chi connectivity index (χ1) is 8.56. The number of rotatable bonds is 2. The van der Waals surface area contributed by atoms with Gasteiger partial charge in [0.05, 0.1) is 9.26 Å². The Morgan fingerprint density at radius 3 is 2.61 bits per heavy atom. The van der Waals surface area contributed by atoms with E-state index in [0.717, 1.165) is 20.4 Å². The van der Waals surface area contributed by atoms with Crippen LogP contribution >= 0.6 is 22.6 Å². The van der Waals surface area contributed by atoms with Gasteiger partial charge in [-0.25, -0.2) is 0 Å². The van der Waals surface area contributed by atoms with Gasteiger partial charge in [0.25, 0.3) is 0 Å². The fourth-order valence-electron chi connectivity index (χ4n) is 1.71. The van der Waals surface area contributed by atoms with Crippen LogP contribution in [0.15, 0.2) is 41.4 Å². The van der Waals surface area contributed by atoms with Gasteiger partial charge in [0.2, 0.25) is 0 Å².